The highest BCUT2D eigenvalue weighted by Gasteiger charge is 2.68. The number of benzene rings is 2. The van der Waals surface area contributed by atoms with Gasteiger partial charge in [-0.3, -0.25) is 9.59 Å². The minimum Gasteiger partial charge on any atom is -0.468 e. The smallest absolute Gasteiger partial charge is 0.332 e. The molecular weight excluding hydrogens is 304 g/mol. The van der Waals surface area contributed by atoms with Crippen molar-refractivity contribution in [3.63, 3.8) is 0 Å². The molecule has 0 amide bonds. The fraction of sp³-hybridized carbons (Fsp3) is 0.200. The van der Waals surface area contributed by atoms with Gasteiger partial charge in [0.15, 0.2) is 0 Å². The van der Waals surface area contributed by atoms with Crippen LogP contribution in [-0.4, -0.2) is 25.7 Å². The van der Waals surface area contributed by atoms with Crippen LogP contribution in [0.25, 0.3) is 11.1 Å². The Morgan fingerprint density at radius 3 is 1.67 bits per heavy atom. The Balaban J connectivity index is 2.18. The van der Waals surface area contributed by atoms with Crippen LogP contribution >= 0.6 is 0 Å². The molecule has 0 saturated carbocycles. The van der Waals surface area contributed by atoms with Gasteiger partial charge in [-0.2, -0.15) is 0 Å². The van der Waals surface area contributed by atoms with E-state index in [1.54, 1.807) is 6.92 Å². The zero-order valence-corrected chi connectivity index (χ0v) is 13.6. The van der Waals surface area contributed by atoms with Crippen LogP contribution < -0.4 is 0 Å². The molecule has 122 valence electrons. The van der Waals surface area contributed by atoms with Crippen molar-refractivity contribution in [3.05, 3.63) is 71.8 Å². The molecule has 0 aromatic heterocycles. The second kappa shape index (κ2) is 6.32. The van der Waals surface area contributed by atoms with Crippen molar-refractivity contribution in [1.82, 2.24) is 0 Å². The summed E-state index contributed by atoms with van der Waals surface area (Å²) in [7, 11) is 1.28. The molecular formula is C20H18O4. The van der Waals surface area contributed by atoms with E-state index in [0.29, 0.717) is 11.1 Å². The van der Waals surface area contributed by atoms with Crippen molar-refractivity contribution in [3.8, 4) is 0 Å². The van der Waals surface area contributed by atoms with Crippen LogP contribution in [-0.2, 0) is 19.1 Å². The zero-order valence-electron chi connectivity index (χ0n) is 13.6. The summed E-state index contributed by atoms with van der Waals surface area (Å²) in [5.74, 6) is -1.20. The van der Waals surface area contributed by atoms with E-state index in [1.165, 1.54) is 7.11 Å². The Kier molecular flexibility index (Phi) is 4.21. The molecule has 0 atom stereocenters. The number of esters is 2. The first kappa shape index (κ1) is 16.0. The summed E-state index contributed by atoms with van der Waals surface area (Å²) >= 11 is 0. The predicted octanol–water partition coefficient (Wildman–Crippen LogP) is 3.33. The maximum atomic E-state index is 12.7. The standard InChI is InChI=1S/C20H18O4/c1-3-24-19(22)20(18(21)23-2)16(14-10-6-4-7-11-14)17(20)15-12-8-5-9-13-15/h4-13H,3H2,1-2H3. The van der Waals surface area contributed by atoms with Gasteiger partial charge in [0.05, 0.1) is 13.7 Å². The van der Waals surface area contributed by atoms with Gasteiger partial charge < -0.3 is 9.47 Å². The lowest BCUT2D eigenvalue weighted by molar-refractivity contribution is -0.159. The van der Waals surface area contributed by atoms with Crippen LogP contribution in [0.15, 0.2) is 60.7 Å². The van der Waals surface area contributed by atoms with Gasteiger partial charge in [-0.1, -0.05) is 60.7 Å². The van der Waals surface area contributed by atoms with Crippen LogP contribution in [0, 0.1) is 5.41 Å². The molecule has 0 heterocycles. The summed E-state index contributed by atoms with van der Waals surface area (Å²) in [4.78, 5) is 25.3. The SMILES string of the molecule is CCOC(=O)C1(C(=O)OC)C(c2ccccc2)=C1c1ccccc1. The van der Waals surface area contributed by atoms with Gasteiger partial charge in [0.1, 0.15) is 0 Å². The fourth-order valence-electron chi connectivity index (χ4n) is 3.10. The van der Waals surface area contributed by atoms with E-state index < -0.39 is 17.4 Å². The molecule has 0 N–H and O–H groups in total. The Morgan fingerprint density at radius 1 is 0.833 bits per heavy atom. The molecule has 0 bridgehead atoms. The summed E-state index contributed by atoms with van der Waals surface area (Å²) in [5, 5.41) is 0. The van der Waals surface area contributed by atoms with Gasteiger partial charge in [0, 0.05) is 0 Å². The third-order valence-corrected chi connectivity index (χ3v) is 4.14. The summed E-state index contributed by atoms with van der Waals surface area (Å²) in [6, 6.07) is 18.8. The normalized spacial score (nSPS) is 14.9. The van der Waals surface area contributed by atoms with E-state index in [2.05, 4.69) is 0 Å². The summed E-state index contributed by atoms with van der Waals surface area (Å²) in [5.41, 5.74) is 1.46. The van der Waals surface area contributed by atoms with Crippen molar-refractivity contribution in [2.75, 3.05) is 13.7 Å². The monoisotopic (exact) mass is 322 g/mol. The molecule has 1 aliphatic carbocycles. The van der Waals surface area contributed by atoms with E-state index in [1.807, 2.05) is 60.7 Å². The molecule has 0 radical (unpaired) electrons. The van der Waals surface area contributed by atoms with E-state index in [9.17, 15) is 9.59 Å². The van der Waals surface area contributed by atoms with Gasteiger partial charge >= 0.3 is 11.9 Å². The summed E-state index contributed by atoms with van der Waals surface area (Å²) in [6.07, 6.45) is 0. The van der Waals surface area contributed by atoms with Crippen LogP contribution in [0.4, 0.5) is 0 Å². The van der Waals surface area contributed by atoms with E-state index in [4.69, 9.17) is 9.47 Å². The number of ether oxygens (including phenoxy) is 2. The molecule has 3 rings (SSSR count). The maximum Gasteiger partial charge on any atom is 0.332 e. The third kappa shape index (κ3) is 2.31. The molecule has 4 nitrogen and oxygen atoms in total. The molecule has 2 aromatic carbocycles. The number of rotatable bonds is 5. The molecule has 0 spiro atoms. The average Bonchev–Trinajstić information content (AvgIpc) is 3.34. The Bertz CT molecular complexity index is 741. The molecule has 0 fully saturated rings. The van der Waals surface area contributed by atoms with Crippen molar-refractivity contribution < 1.29 is 19.1 Å². The van der Waals surface area contributed by atoms with Gasteiger partial charge in [-0.25, -0.2) is 0 Å². The highest BCUT2D eigenvalue weighted by atomic mass is 16.6. The predicted molar refractivity (Wildman–Crippen MR) is 90.8 cm³/mol. The molecule has 1 aliphatic rings. The van der Waals surface area contributed by atoms with Crippen molar-refractivity contribution in [1.29, 1.82) is 0 Å². The zero-order chi connectivity index (χ0) is 17.2. The van der Waals surface area contributed by atoms with Gasteiger partial charge in [-0.05, 0) is 29.2 Å². The summed E-state index contributed by atoms with van der Waals surface area (Å²) in [6.45, 7) is 1.91. The largest absolute Gasteiger partial charge is 0.468 e. The minimum atomic E-state index is -1.48. The van der Waals surface area contributed by atoms with Gasteiger partial charge in [-0.15, -0.1) is 0 Å². The van der Waals surface area contributed by atoms with Crippen molar-refractivity contribution in [2.24, 2.45) is 5.41 Å². The van der Waals surface area contributed by atoms with Gasteiger partial charge in [0.25, 0.3) is 0 Å². The second-order valence-corrected chi connectivity index (χ2v) is 5.44. The highest BCUT2D eigenvalue weighted by molar-refractivity contribution is 6.38. The van der Waals surface area contributed by atoms with E-state index >= 15 is 0 Å². The second-order valence-electron chi connectivity index (χ2n) is 5.44. The fourth-order valence-corrected chi connectivity index (χ4v) is 3.10. The topological polar surface area (TPSA) is 52.6 Å². The molecule has 0 saturated heterocycles. The lowest BCUT2D eigenvalue weighted by Gasteiger charge is -2.16. The Hall–Kier alpha value is -2.88. The van der Waals surface area contributed by atoms with Crippen molar-refractivity contribution in [2.45, 2.75) is 6.92 Å². The molecule has 4 heteroatoms. The number of methoxy groups -OCH3 is 1. The van der Waals surface area contributed by atoms with Crippen LogP contribution in [0.2, 0.25) is 0 Å². The molecule has 2 aromatic rings. The summed E-state index contributed by atoms with van der Waals surface area (Å²) < 4.78 is 10.2. The quantitative estimate of drug-likeness (QED) is 0.626. The third-order valence-electron chi connectivity index (χ3n) is 4.14. The first-order chi connectivity index (χ1) is 11.7. The number of hydrogen-bond donors (Lipinski definition) is 0. The molecule has 24 heavy (non-hydrogen) atoms. The first-order valence-corrected chi connectivity index (χ1v) is 7.79. The highest BCUT2D eigenvalue weighted by Crippen LogP contribution is 2.64. The Labute approximate surface area is 140 Å². The Morgan fingerprint density at radius 2 is 1.29 bits per heavy atom. The number of carbonyl (C=O) groups is 2. The van der Waals surface area contributed by atoms with Crippen LogP contribution in [0.1, 0.15) is 18.1 Å². The van der Waals surface area contributed by atoms with Crippen molar-refractivity contribution >= 4 is 23.1 Å². The van der Waals surface area contributed by atoms with Crippen LogP contribution in [0.5, 0.6) is 0 Å². The number of hydrogen-bond acceptors (Lipinski definition) is 4. The lowest BCUT2D eigenvalue weighted by atomic mass is 9.92. The number of carbonyl (C=O) groups excluding carboxylic acids is 2. The average molecular weight is 322 g/mol. The lowest BCUT2D eigenvalue weighted by Crippen LogP contribution is -2.33. The first-order valence-electron chi connectivity index (χ1n) is 7.79. The molecule has 0 unspecified atom stereocenters. The minimum absolute atomic E-state index is 0.196. The molecule has 0 aliphatic heterocycles. The van der Waals surface area contributed by atoms with E-state index in [-0.39, 0.29) is 6.61 Å². The van der Waals surface area contributed by atoms with Crippen LogP contribution in [0.3, 0.4) is 0 Å². The maximum absolute atomic E-state index is 12.7. The van der Waals surface area contributed by atoms with E-state index in [0.717, 1.165) is 11.1 Å². The van der Waals surface area contributed by atoms with Gasteiger partial charge in [0.2, 0.25) is 5.41 Å².